The van der Waals surface area contributed by atoms with E-state index in [2.05, 4.69) is 16.3 Å². The topological polar surface area (TPSA) is 65.4 Å². The highest BCUT2D eigenvalue weighted by Crippen LogP contribution is 2.16. The Labute approximate surface area is 115 Å². The van der Waals surface area contributed by atoms with Crippen LogP contribution in [0, 0.1) is 17.2 Å². The van der Waals surface area contributed by atoms with Gasteiger partial charge in [0, 0.05) is 13.1 Å². The monoisotopic (exact) mass is 267 g/mol. The van der Waals surface area contributed by atoms with E-state index in [9.17, 15) is 10.1 Å². The number of hydrogen-bond acceptors (Lipinski definition) is 4. The summed E-state index contributed by atoms with van der Waals surface area (Å²) < 4.78 is 5.47. The van der Waals surface area contributed by atoms with Crippen LogP contribution in [0.15, 0.2) is 0 Å². The van der Waals surface area contributed by atoms with Crippen LogP contribution in [0.1, 0.15) is 34.6 Å². The number of ether oxygens (including phenoxy) is 1. The lowest BCUT2D eigenvalue weighted by molar-refractivity contribution is -0.130. The van der Waals surface area contributed by atoms with Gasteiger partial charge in [-0.2, -0.15) is 5.26 Å². The summed E-state index contributed by atoms with van der Waals surface area (Å²) in [6, 6.07) is 1.96. The van der Waals surface area contributed by atoms with Gasteiger partial charge in [0.15, 0.2) is 0 Å². The Morgan fingerprint density at radius 2 is 2.16 bits per heavy atom. The summed E-state index contributed by atoms with van der Waals surface area (Å²) in [5, 5.41) is 12.1. The van der Waals surface area contributed by atoms with Crippen molar-refractivity contribution in [1.82, 2.24) is 10.2 Å². The third kappa shape index (κ3) is 3.92. The van der Waals surface area contributed by atoms with Crippen LogP contribution >= 0.6 is 0 Å². The van der Waals surface area contributed by atoms with Crippen molar-refractivity contribution in [3.8, 4) is 6.07 Å². The van der Waals surface area contributed by atoms with Gasteiger partial charge in [0.1, 0.15) is 5.54 Å². The van der Waals surface area contributed by atoms with Gasteiger partial charge in [0.2, 0.25) is 5.91 Å². The van der Waals surface area contributed by atoms with Crippen molar-refractivity contribution in [2.45, 2.75) is 52.3 Å². The smallest absolute Gasteiger partial charge is 0.238 e. The number of amides is 1. The Balaban J connectivity index is 2.65. The fourth-order valence-electron chi connectivity index (χ4n) is 2.02. The molecule has 3 atom stereocenters. The van der Waals surface area contributed by atoms with Crippen molar-refractivity contribution in [2.24, 2.45) is 5.92 Å². The number of hydrogen-bond donors (Lipinski definition) is 1. The number of nitriles is 1. The molecule has 5 heteroatoms. The van der Waals surface area contributed by atoms with Gasteiger partial charge < -0.3 is 10.1 Å². The Morgan fingerprint density at radius 3 is 2.63 bits per heavy atom. The van der Waals surface area contributed by atoms with Gasteiger partial charge in [-0.15, -0.1) is 0 Å². The maximum absolute atomic E-state index is 12.3. The quantitative estimate of drug-likeness (QED) is 0.830. The van der Waals surface area contributed by atoms with Gasteiger partial charge in [-0.1, -0.05) is 13.8 Å². The molecule has 1 saturated heterocycles. The van der Waals surface area contributed by atoms with Crippen LogP contribution in [0.5, 0.6) is 0 Å². The molecule has 0 radical (unpaired) electrons. The molecule has 1 fully saturated rings. The highest BCUT2D eigenvalue weighted by molar-refractivity contribution is 5.82. The van der Waals surface area contributed by atoms with Crippen LogP contribution in [0.4, 0.5) is 0 Å². The number of nitrogens with zero attached hydrogens (tertiary/aromatic N) is 2. The molecule has 1 N–H and O–H groups in total. The van der Waals surface area contributed by atoms with Gasteiger partial charge in [0.25, 0.3) is 0 Å². The molecule has 0 saturated carbocycles. The molecule has 0 aromatic carbocycles. The molecule has 1 rings (SSSR count). The predicted octanol–water partition coefficient (Wildman–Crippen LogP) is 1.15. The average molecular weight is 267 g/mol. The molecule has 1 heterocycles. The van der Waals surface area contributed by atoms with E-state index in [1.807, 2.05) is 27.7 Å². The molecule has 3 unspecified atom stereocenters. The predicted molar refractivity (Wildman–Crippen MR) is 73.4 cm³/mol. The van der Waals surface area contributed by atoms with Crippen LogP contribution in [-0.2, 0) is 9.53 Å². The summed E-state index contributed by atoms with van der Waals surface area (Å²) >= 11 is 0. The minimum Gasteiger partial charge on any atom is -0.376 e. The molecule has 1 aliphatic rings. The number of carbonyl (C=O) groups excluding carboxylic acids is 1. The normalized spacial score (nSPS) is 25.4. The standard InChI is InChI=1S/C14H25N3O2/c1-10(2)14(5,9-15)16-13(18)12(4)17-6-7-19-11(3)8-17/h10-12H,6-8H2,1-5H3,(H,16,18). The molecule has 108 valence electrons. The molecule has 5 nitrogen and oxygen atoms in total. The number of rotatable bonds is 4. The third-order valence-electron chi connectivity index (χ3n) is 3.97. The van der Waals surface area contributed by atoms with Crippen LogP contribution in [-0.4, -0.2) is 48.2 Å². The van der Waals surface area contributed by atoms with Gasteiger partial charge in [-0.05, 0) is 26.7 Å². The number of carbonyl (C=O) groups is 1. The fraction of sp³-hybridized carbons (Fsp3) is 0.857. The maximum Gasteiger partial charge on any atom is 0.238 e. The molecule has 0 bridgehead atoms. The Bertz CT molecular complexity index is 364. The van der Waals surface area contributed by atoms with Crippen LogP contribution < -0.4 is 5.32 Å². The second kappa shape index (κ2) is 6.36. The average Bonchev–Trinajstić information content (AvgIpc) is 2.37. The van der Waals surface area contributed by atoms with Crippen molar-refractivity contribution in [3.63, 3.8) is 0 Å². The van der Waals surface area contributed by atoms with E-state index in [1.54, 1.807) is 6.92 Å². The van der Waals surface area contributed by atoms with E-state index < -0.39 is 5.54 Å². The van der Waals surface area contributed by atoms with Crippen molar-refractivity contribution in [1.29, 1.82) is 5.26 Å². The van der Waals surface area contributed by atoms with Crippen molar-refractivity contribution in [3.05, 3.63) is 0 Å². The Morgan fingerprint density at radius 1 is 1.53 bits per heavy atom. The molecule has 19 heavy (non-hydrogen) atoms. The molecule has 0 aromatic heterocycles. The van der Waals surface area contributed by atoms with E-state index >= 15 is 0 Å². The zero-order chi connectivity index (χ0) is 14.6. The molecular formula is C14H25N3O2. The van der Waals surface area contributed by atoms with E-state index in [0.29, 0.717) is 6.61 Å². The lowest BCUT2D eigenvalue weighted by atomic mass is 9.89. The molecular weight excluding hydrogens is 242 g/mol. The van der Waals surface area contributed by atoms with Crippen LogP contribution in [0.25, 0.3) is 0 Å². The lowest BCUT2D eigenvalue weighted by Gasteiger charge is -2.36. The van der Waals surface area contributed by atoms with Gasteiger partial charge in [-0.25, -0.2) is 0 Å². The molecule has 0 spiro atoms. The Kier molecular flexibility index (Phi) is 5.33. The van der Waals surface area contributed by atoms with E-state index in [0.717, 1.165) is 13.1 Å². The number of morpholine rings is 1. The summed E-state index contributed by atoms with van der Waals surface area (Å²) in [4.78, 5) is 14.4. The van der Waals surface area contributed by atoms with Crippen molar-refractivity contribution in [2.75, 3.05) is 19.7 Å². The summed E-state index contributed by atoms with van der Waals surface area (Å²) in [7, 11) is 0. The van der Waals surface area contributed by atoms with Gasteiger partial charge in [0.05, 0.1) is 24.8 Å². The first-order valence-corrected chi connectivity index (χ1v) is 6.89. The first kappa shape index (κ1) is 15.9. The lowest BCUT2D eigenvalue weighted by Crippen LogP contribution is -2.57. The number of nitrogens with one attached hydrogen (secondary N) is 1. The SMILES string of the molecule is CC1CN(C(C)C(=O)NC(C)(C#N)C(C)C)CCO1. The largest absolute Gasteiger partial charge is 0.376 e. The maximum atomic E-state index is 12.3. The van der Waals surface area contributed by atoms with E-state index in [4.69, 9.17) is 4.74 Å². The highest BCUT2D eigenvalue weighted by atomic mass is 16.5. The van der Waals surface area contributed by atoms with E-state index in [1.165, 1.54) is 0 Å². The van der Waals surface area contributed by atoms with Crippen LogP contribution in [0.3, 0.4) is 0 Å². The molecule has 1 amide bonds. The minimum absolute atomic E-state index is 0.0669. The van der Waals surface area contributed by atoms with Crippen molar-refractivity contribution < 1.29 is 9.53 Å². The molecule has 1 aliphatic heterocycles. The summed E-state index contributed by atoms with van der Waals surface area (Å²) in [6.45, 7) is 11.7. The summed E-state index contributed by atoms with van der Waals surface area (Å²) in [5.74, 6) is -0.0240. The van der Waals surface area contributed by atoms with Gasteiger partial charge >= 0.3 is 0 Å². The Hall–Kier alpha value is -1.12. The van der Waals surface area contributed by atoms with Gasteiger partial charge in [-0.3, -0.25) is 9.69 Å². The molecule has 0 aromatic rings. The van der Waals surface area contributed by atoms with Crippen molar-refractivity contribution >= 4 is 5.91 Å². The minimum atomic E-state index is -0.816. The second-order valence-electron chi connectivity index (χ2n) is 5.81. The summed E-state index contributed by atoms with van der Waals surface area (Å²) in [5.41, 5.74) is -0.816. The van der Waals surface area contributed by atoms with Crippen LogP contribution in [0.2, 0.25) is 0 Å². The third-order valence-corrected chi connectivity index (χ3v) is 3.97. The zero-order valence-corrected chi connectivity index (χ0v) is 12.6. The summed E-state index contributed by atoms with van der Waals surface area (Å²) in [6.07, 6.45) is 0.149. The second-order valence-corrected chi connectivity index (χ2v) is 5.81. The zero-order valence-electron chi connectivity index (χ0n) is 12.6. The first-order valence-electron chi connectivity index (χ1n) is 6.89. The fourth-order valence-corrected chi connectivity index (χ4v) is 2.02. The first-order chi connectivity index (χ1) is 8.80. The highest BCUT2D eigenvalue weighted by Gasteiger charge is 2.34. The van der Waals surface area contributed by atoms with E-state index in [-0.39, 0.29) is 24.0 Å². The molecule has 0 aliphatic carbocycles.